The molecule has 3 heterocycles. The zero-order valence-corrected chi connectivity index (χ0v) is 19.5. The highest BCUT2D eigenvalue weighted by Crippen LogP contribution is 2.28. The number of nitrogens with one attached hydrogen (secondary N) is 2. The number of aromatic amines is 1. The van der Waals surface area contributed by atoms with E-state index < -0.39 is 6.10 Å². The summed E-state index contributed by atoms with van der Waals surface area (Å²) in [6.45, 7) is 3.33. The highest BCUT2D eigenvalue weighted by atomic mass is 35.5. The van der Waals surface area contributed by atoms with Crippen molar-refractivity contribution in [3.8, 4) is 5.75 Å². The van der Waals surface area contributed by atoms with Gasteiger partial charge in [0, 0.05) is 52.3 Å². The SMILES string of the molecule is COc1ccc2nccc([C@@H](O)CN3CCC(NCc4cc5c(Cl)cccc5[nH]4)CC3)c2c1. The molecule has 1 aliphatic rings. The summed E-state index contributed by atoms with van der Waals surface area (Å²) in [6, 6.07) is 16.2. The van der Waals surface area contributed by atoms with Crippen LogP contribution in [0.25, 0.3) is 21.8 Å². The van der Waals surface area contributed by atoms with E-state index in [0.717, 1.165) is 76.3 Å². The third kappa shape index (κ3) is 4.84. The summed E-state index contributed by atoms with van der Waals surface area (Å²) in [5, 5.41) is 17.5. The molecule has 3 N–H and O–H groups in total. The van der Waals surface area contributed by atoms with Crippen LogP contribution >= 0.6 is 11.6 Å². The van der Waals surface area contributed by atoms with E-state index in [-0.39, 0.29) is 0 Å². The number of nitrogens with zero attached hydrogens (tertiary/aromatic N) is 2. The number of methoxy groups -OCH3 is 1. The number of hydrogen-bond donors (Lipinski definition) is 3. The van der Waals surface area contributed by atoms with Crippen LogP contribution in [0.3, 0.4) is 0 Å². The number of aromatic nitrogens is 2. The van der Waals surface area contributed by atoms with Gasteiger partial charge in [-0.05, 0) is 74.0 Å². The molecule has 1 fully saturated rings. The van der Waals surface area contributed by atoms with Gasteiger partial charge in [0.15, 0.2) is 0 Å². The summed E-state index contributed by atoms with van der Waals surface area (Å²) < 4.78 is 5.36. The van der Waals surface area contributed by atoms with Gasteiger partial charge in [-0.2, -0.15) is 0 Å². The number of rotatable bonds is 7. The summed E-state index contributed by atoms with van der Waals surface area (Å²) in [6.07, 6.45) is 3.31. The molecule has 2 aromatic carbocycles. The van der Waals surface area contributed by atoms with Crippen LogP contribution in [-0.4, -0.2) is 52.8 Å². The van der Waals surface area contributed by atoms with E-state index in [4.69, 9.17) is 16.3 Å². The third-order valence-corrected chi connectivity index (χ3v) is 6.94. The number of H-pyrrole nitrogens is 1. The lowest BCUT2D eigenvalue weighted by Gasteiger charge is -2.33. The second kappa shape index (κ2) is 9.69. The van der Waals surface area contributed by atoms with Gasteiger partial charge in [0.05, 0.1) is 18.7 Å². The number of likely N-dealkylation sites (tertiary alicyclic amines) is 1. The summed E-state index contributed by atoms with van der Waals surface area (Å²) in [5.74, 6) is 0.771. The summed E-state index contributed by atoms with van der Waals surface area (Å²) >= 11 is 6.29. The van der Waals surface area contributed by atoms with Crippen LogP contribution in [0.5, 0.6) is 5.75 Å². The summed E-state index contributed by atoms with van der Waals surface area (Å²) in [5.41, 5.74) is 3.99. The van der Waals surface area contributed by atoms with Crippen LogP contribution in [0.15, 0.2) is 54.7 Å². The fraction of sp³-hybridized carbons (Fsp3) is 0.346. The molecule has 1 aliphatic heterocycles. The predicted octanol–water partition coefficient (Wildman–Crippen LogP) is 4.67. The van der Waals surface area contributed by atoms with E-state index in [2.05, 4.69) is 32.3 Å². The predicted molar refractivity (Wildman–Crippen MR) is 133 cm³/mol. The second-order valence-electron chi connectivity index (χ2n) is 8.75. The van der Waals surface area contributed by atoms with Gasteiger partial charge in [-0.25, -0.2) is 0 Å². The maximum Gasteiger partial charge on any atom is 0.119 e. The van der Waals surface area contributed by atoms with Crippen molar-refractivity contribution in [2.75, 3.05) is 26.7 Å². The van der Waals surface area contributed by atoms with E-state index in [9.17, 15) is 5.11 Å². The molecule has 6 nitrogen and oxygen atoms in total. The number of halogens is 1. The molecule has 0 spiro atoms. The third-order valence-electron chi connectivity index (χ3n) is 6.61. The van der Waals surface area contributed by atoms with Gasteiger partial charge >= 0.3 is 0 Å². The number of β-amino-alcohol motifs (C(OH)–C–C–N with tert-alkyl or cyclic N) is 1. The topological polar surface area (TPSA) is 73.4 Å². The Labute approximate surface area is 198 Å². The van der Waals surface area contributed by atoms with Crippen molar-refractivity contribution in [3.63, 3.8) is 0 Å². The fourth-order valence-corrected chi connectivity index (χ4v) is 4.98. The minimum Gasteiger partial charge on any atom is -0.497 e. The number of benzene rings is 2. The standard InChI is InChI=1S/C26H29ClN4O2/c1-33-19-5-6-24-21(14-19)20(7-10-28-24)26(32)16-31-11-8-17(9-12-31)29-15-18-13-22-23(27)3-2-4-25(22)30-18/h2-7,10,13-14,17,26,29-30,32H,8-9,11-12,15-16H2,1H3/t26-/m0/s1. The fourth-order valence-electron chi connectivity index (χ4n) is 4.75. The van der Waals surface area contributed by atoms with Crippen molar-refractivity contribution in [1.29, 1.82) is 0 Å². The first-order valence-corrected chi connectivity index (χ1v) is 11.8. The molecule has 1 atom stereocenters. The average Bonchev–Trinajstić information content (AvgIpc) is 3.27. The Morgan fingerprint density at radius 2 is 2.03 bits per heavy atom. The van der Waals surface area contributed by atoms with Gasteiger partial charge in [-0.1, -0.05) is 17.7 Å². The minimum atomic E-state index is -0.566. The maximum absolute atomic E-state index is 11.0. The Morgan fingerprint density at radius 1 is 1.18 bits per heavy atom. The number of hydrogen-bond acceptors (Lipinski definition) is 5. The zero-order chi connectivity index (χ0) is 22.8. The van der Waals surface area contributed by atoms with Crippen LogP contribution in [0.1, 0.15) is 30.2 Å². The molecule has 5 rings (SSSR count). The molecular weight excluding hydrogens is 436 g/mol. The molecule has 33 heavy (non-hydrogen) atoms. The number of aliphatic hydroxyl groups excluding tert-OH is 1. The largest absolute Gasteiger partial charge is 0.497 e. The maximum atomic E-state index is 11.0. The Bertz CT molecular complexity index is 1250. The Hall–Kier alpha value is -2.64. The molecular formula is C26H29ClN4O2. The first-order chi connectivity index (χ1) is 16.1. The smallest absolute Gasteiger partial charge is 0.119 e. The normalized spacial score (nSPS) is 16.5. The van der Waals surface area contributed by atoms with E-state index in [0.29, 0.717) is 12.6 Å². The molecule has 0 unspecified atom stereocenters. The van der Waals surface area contributed by atoms with Gasteiger partial charge in [0.1, 0.15) is 5.75 Å². The van der Waals surface area contributed by atoms with Crippen LogP contribution < -0.4 is 10.1 Å². The Kier molecular flexibility index (Phi) is 6.51. The number of piperidine rings is 1. The van der Waals surface area contributed by atoms with Crippen molar-refractivity contribution in [3.05, 3.63) is 71.0 Å². The van der Waals surface area contributed by atoms with Gasteiger partial charge < -0.3 is 25.0 Å². The van der Waals surface area contributed by atoms with Crippen molar-refractivity contribution in [2.24, 2.45) is 0 Å². The Balaban J connectivity index is 1.16. The van der Waals surface area contributed by atoms with E-state index in [1.54, 1.807) is 13.3 Å². The van der Waals surface area contributed by atoms with Crippen molar-refractivity contribution in [1.82, 2.24) is 20.2 Å². The molecule has 1 saturated heterocycles. The van der Waals surface area contributed by atoms with Crippen LogP contribution in [0.2, 0.25) is 5.02 Å². The zero-order valence-electron chi connectivity index (χ0n) is 18.7. The second-order valence-corrected chi connectivity index (χ2v) is 9.16. The Morgan fingerprint density at radius 3 is 2.82 bits per heavy atom. The van der Waals surface area contributed by atoms with Crippen LogP contribution in [0.4, 0.5) is 0 Å². The van der Waals surface area contributed by atoms with Gasteiger partial charge in [-0.15, -0.1) is 0 Å². The quantitative estimate of drug-likeness (QED) is 0.371. The highest BCUT2D eigenvalue weighted by Gasteiger charge is 2.22. The van der Waals surface area contributed by atoms with E-state index >= 15 is 0 Å². The first kappa shape index (κ1) is 22.2. The molecule has 0 radical (unpaired) electrons. The number of ether oxygens (including phenoxy) is 1. The lowest BCUT2D eigenvalue weighted by atomic mass is 10.0. The molecule has 0 bridgehead atoms. The molecule has 7 heteroatoms. The number of aliphatic hydroxyl groups is 1. The minimum absolute atomic E-state index is 0.464. The van der Waals surface area contributed by atoms with Gasteiger partial charge in [0.25, 0.3) is 0 Å². The van der Waals surface area contributed by atoms with Gasteiger partial charge in [-0.3, -0.25) is 4.98 Å². The lowest BCUT2D eigenvalue weighted by Crippen LogP contribution is -2.43. The van der Waals surface area contributed by atoms with E-state index in [1.807, 2.05) is 36.4 Å². The van der Waals surface area contributed by atoms with E-state index in [1.165, 1.54) is 0 Å². The monoisotopic (exact) mass is 464 g/mol. The number of pyridine rings is 1. The summed E-state index contributed by atoms with van der Waals surface area (Å²) in [4.78, 5) is 10.2. The highest BCUT2D eigenvalue weighted by molar-refractivity contribution is 6.35. The molecule has 0 amide bonds. The molecule has 0 saturated carbocycles. The first-order valence-electron chi connectivity index (χ1n) is 11.4. The van der Waals surface area contributed by atoms with Crippen LogP contribution in [-0.2, 0) is 6.54 Å². The van der Waals surface area contributed by atoms with Crippen molar-refractivity contribution in [2.45, 2.75) is 31.5 Å². The molecule has 2 aromatic heterocycles. The lowest BCUT2D eigenvalue weighted by molar-refractivity contribution is 0.0948. The van der Waals surface area contributed by atoms with Crippen LogP contribution in [0, 0.1) is 0 Å². The average molecular weight is 465 g/mol. The molecule has 4 aromatic rings. The summed E-state index contributed by atoms with van der Waals surface area (Å²) in [7, 11) is 1.65. The van der Waals surface area contributed by atoms with Crippen molar-refractivity contribution >= 4 is 33.4 Å². The van der Waals surface area contributed by atoms with Gasteiger partial charge in [0.2, 0.25) is 0 Å². The van der Waals surface area contributed by atoms with Crippen molar-refractivity contribution < 1.29 is 9.84 Å². The molecule has 0 aliphatic carbocycles. The molecule has 172 valence electrons. The number of fused-ring (bicyclic) bond motifs is 2.